The Kier molecular flexibility index (Phi) is 6.25. The number of carbonyl (C=O) groups excluding carboxylic acids is 2. The zero-order chi connectivity index (χ0) is 17.5. The predicted molar refractivity (Wildman–Crippen MR) is 86.2 cm³/mol. The number of thiophene rings is 1. The van der Waals surface area contributed by atoms with E-state index in [0.717, 1.165) is 4.88 Å². The van der Waals surface area contributed by atoms with E-state index >= 15 is 0 Å². The van der Waals surface area contributed by atoms with Crippen molar-refractivity contribution in [2.24, 2.45) is 0 Å². The van der Waals surface area contributed by atoms with Crippen molar-refractivity contribution in [1.29, 1.82) is 0 Å². The fourth-order valence-corrected chi connectivity index (χ4v) is 2.66. The largest absolute Gasteiger partial charge is 0.435 e. The Balaban J connectivity index is 1.82. The Morgan fingerprint density at radius 3 is 2.54 bits per heavy atom. The standard InChI is InChI=1S/C16H16F2N2O3S/c1-20(10-13-3-2-8-24-13)14(21)9-19-15(22)11-4-6-12(7-5-11)23-16(17)18/h2-8,16H,9-10H2,1H3,(H,19,22). The van der Waals surface area contributed by atoms with Gasteiger partial charge in [-0.2, -0.15) is 8.78 Å². The van der Waals surface area contributed by atoms with Gasteiger partial charge >= 0.3 is 6.61 Å². The molecule has 2 rings (SSSR count). The third kappa shape index (κ3) is 5.31. The molecule has 128 valence electrons. The number of nitrogens with zero attached hydrogens (tertiary/aromatic N) is 1. The zero-order valence-electron chi connectivity index (χ0n) is 12.9. The number of likely N-dealkylation sites (N-methyl/N-ethyl adjacent to an activating group) is 1. The fourth-order valence-electron chi connectivity index (χ4n) is 1.91. The maximum Gasteiger partial charge on any atom is 0.387 e. The molecule has 0 aliphatic heterocycles. The number of alkyl halides is 2. The first-order valence-corrected chi connectivity index (χ1v) is 7.93. The molecule has 1 N–H and O–H groups in total. The molecule has 5 nitrogen and oxygen atoms in total. The van der Waals surface area contributed by atoms with E-state index in [4.69, 9.17) is 0 Å². The van der Waals surface area contributed by atoms with Gasteiger partial charge in [-0.15, -0.1) is 11.3 Å². The van der Waals surface area contributed by atoms with Gasteiger partial charge in [0.25, 0.3) is 5.91 Å². The van der Waals surface area contributed by atoms with Crippen LogP contribution in [0, 0.1) is 0 Å². The summed E-state index contributed by atoms with van der Waals surface area (Å²) in [4.78, 5) is 26.5. The normalized spacial score (nSPS) is 10.5. The number of amides is 2. The van der Waals surface area contributed by atoms with Gasteiger partial charge < -0.3 is 15.0 Å². The van der Waals surface area contributed by atoms with E-state index in [2.05, 4.69) is 10.1 Å². The van der Waals surface area contributed by atoms with Crippen molar-refractivity contribution in [2.75, 3.05) is 13.6 Å². The monoisotopic (exact) mass is 354 g/mol. The van der Waals surface area contributed by atoms with E-state index in [1.165, 1.54) is 29.2 Å². The van der Waals surface area contributed by atoms with Crippen molar-refractivity contribution in [2.45, 2.75) is 13.2 Å². The van der Waals surface area contributed by atoms with Crippen LogP contribution in [0.3, 0.4) is 0 Å². The second-order valence-corrected chi connectivity index (χ2v) is 5.95. The van der Waals surface area contributed by atoms with Crippen LogP contribution in [-0.2, 0) is 11.3 Å². The minimum absolute atomic E-state index is 0.0340. The molecule has 2 aromatic rings. The quantitative estimate of drug-likeness (QED) is 0.832. The van der Waals surface area contributed by atoms with E-state index in [0.29, 0.717) is 6.54 Å². The summed E-state index contributed by atoms with van der Waals surface area (Å²) in [5.41, 5.74) is 0.255. The Morgan fingerprint density at radius 2 is 1.96 bits per heavy atom. The topological polar surface area (TPSA) is 58.6 Å². The van der Waals surface area contributed by atoms with E-state index in [9.17, 15) is 18.4 Å². The van der Waals surface area contributed by atoms with Crippen LogP contribution in [0.15, 0.2) is 41.8 Å². The van der Waals surface area contributed by atoms with Gasteiger partial charge in [0.1, 0.15) is 5.75 Å². The lowest BCUT2D eigenvalue weighted by Gasteiger charge is -2.16. The van der Waals surface area contributed by atoms with Crippen LogP contribution >= 0.6 is 11.3 Å². The van der Waals surface area contributed by atoms with Crippen LogP contribution < -0.4 is 10.1 Å². The number of nitrogens with one attached hydrogen (secondary N) is 1. The molecule has 1 heterocycles. The Morgan fingerprint density at radius 1 is 1.25 bits per heavy atom. The highest BCUT2D eigenvalue weighted by Gasteiger charge is 2.13. The van der Waals surface area contributed by atoms with Crippen LogP contribution in [0.2, 0.25) is 0 Å². The number of ether oxygens (including phenoxy) is 1. The lowest BCUT2D eigenvalue weighted by atomic mass is 10.2. The van der Waals surface area contributed by atoms with E-state index in [-0.39, 0.29) is 23.8 Å². The van der Waals surface area contributed by atoms with Gasteiger partial charge in [0.05, 0.1) is 13.1 Å². The van der Waals surface area contributed by atoms with Gasteiger partial charge in [0.15, 0.2) is 0 Å². The molecule has 2 amide bonds. The predicted octanol–water partition coefficient (Wildman–Crippen LogP) is 2.74. The Hall–Kier alpha value is -2.48. The number of halogens is 2. The number of hydrogen-bond acceptors (Lipinski definition) is 4. The van der Waals surface area contributed by atoms with Gasteiger partial charge in [0, 0.05) is 17.5 Å². The maximum absolute atomic E-state index is 12.1. The van der Waals surface area contributed by atoms with Crippen LogP contribution in [-0.4, -0.2) is 36.9 Å². The van der Waals surface area contributed by atoms with Crippen molar-refractivity contribution < 1.29 is 23.1 Å². The molecule has 0 atom stereocenters. The minimum Gasteiger partial charge on any atom is -0.435 e. The van der Waals surface area contributed by atoms with Crippen molar-refractivity contribution >= 4 is 23.2 Å². The van der Waals surface area contributed by atoms with E-state index in [1.807, 2.05) is 17.5 Å². The molecule has 0 unspecified atom stereocenters. The van der Waals surface area contributed by atoms with E-state index in [1.54, 1.807) is 18.4 Å². The number of hydrogen-bond donors (Lipinski definition) is 1. The molecule has 1 aromatic carbocycles. The average molecular weight is 354 g/mol. The summed E-state index contributed by atoms with van der Waals surface area (Å²) in [5.74, 6) is -0.723. The molecular weight excluding hydrogens is 338 g/mol. The van der Waals surface area contributed by atoms with Crippen molar-refractivity contribution in [3.05, 3.63) is 52.2 Å². The molecule has 0 fully saturated rings. The molecule has 0 bridgehead atoms. The number of carbonyl (C=O) groups is 2. The molecule has 0 saturated heterocycles. The molecule has 0 saturated carbocycles. The van der Waals surface area contributed by atoms with Crippen LogP contribution in [0.25, 0.3) is 0 Å². The van der Waals surface area contributed by atoms with Gasteiger partial charge in [-0.05, 0) is 35.7 Å². The summed E-state index contributed by atoms with van der Waals surface area (Å²) < 4.78 is 28.3. The minimum atomic E-state index is -2.92. The molecule has 0 radical (unpaired) electrons. The summed E-state index contributed by atoms with van der Waals surface area (Å²) in [6, 6.07) is 9.08. The van der Waals surface area contributed by atoms with Crippen molar-refractivity contribution in [3.63, 3.8) is 0 Å². The molecular formula is C16H16F2N2O3S. The maximum atomic E-state index is 12.1. The first-order chi connectivity index (χ1) is 11.5. The van der Waals surface area contributed by atoms with Gasteiger partial charge in [0.2, 0.25) is 5.91 Å². The second kappa shape index (κ2) is 8.39. The Labute approximate surface area is 141 Å². The molecule has 8 heteroatoms. The molecule has 0 aliphatic rings. The van der Waals surface area contributed by atoms with Crippen LogP contribution in [0.4, 0.5) is 8.78 Å². The lowest BCUT2D eigenvalue weighted by molar-refractivity contribution is -0.129. The third-order valence-electron chi connectivity index (χ3n) is 3.14. The average Bonchev–Trinajstić information content (AvgIpc) is 3.05. The smallest absolute Gasteiger partial charge is 0.387 e. The highest BCUT2D eigenvalue weighted by molar-refractivity contribution is 7.09. The van der Waals surface area contributed by atoms with Crippen LogP contribution in [0.1, 0.15) is 15.2 Å². The first kappa shape index (κ1) is 17.9. The molecule has 24 heavy (non-hydrogen) atoms. The second-order valence-electron chi connectivity index (χ2n) is 4.91. The molecule has 0 spiro atoms. The summed E-state index contributed by atoms with van der Waals surface area (Å²) in [6.07, 6.45) is 0. The number of benzene rings is 1. The fraction of sp³-hybridized carbons (Fsp3) is 0.250. The highest BCUT2D eigenvalue weighted by atomic mass is 32.1. The lowest BCUT2D eigenvalue weighted by Crippen LogP contribution is -2.37. The van der Waals surface area contributed by atoms with Crippen molar-refractivity contribution in [3.8, 4) is 5.75 Å². The molecule has 0 aliphatic carbocycles. The Bertz CT molecular complexity index is 675. The summed E-state index contributed by atoms with van der Waals surface area (Å²) in [6.45, 7) is -2.58. The third-order valence-corrected chi connectivity index (χ3v) is 4.00. The van der Waals surface area contributed by atoms with Gasteiger partial charge in [-0.1, -0.05) is 6.07 Å². The summed E-state index contributed by atoms with van der Waals surface area (Å²) in [7, 11) is 1.66. The summed E-state index contributed by atoms with van der Waals surface area (Å²) >= 11 is 1.55. The first-order valence-electron chi connectivity index (χ1n) is 7.05. The van der Waals surface area contributed by atoms with Gasteiger partial charge in [-0.25, -0.2) is 0 Å². The number of rotatable bonds is 7. The highest BCUT2D eigenvalue weighted by Crippen LogP contribution is 2.15. The van der Waals surface area contributed by atoms with Crippen molar-refractivity contribution in [1.82, 2.24) is 10.2 Å². The zero-order valence-corrected chi connectivity index (χ0v) is 13.7. The SMILES string of the molecule is CN(Cc1cccs1)C(=O)CNC(=O)c1ccc(OC(F)F)cc1. The van der Waals surface area contributed by atoms with Gasteiger partial charge in [-0.3, -0.25) is 9.59 Å². The van der Waals surface area contributed by atoms with E-state index < -0.39 is 12.5 Å². The van der Waals surface area contributed by atoms with Crippen LogP contribution in [0.5, 0.6) is 5.75 Å². The molecule has 1 aromatic heterocycles. The summed E-state index contributed by atoms with van der Waals surface area (Å²) in [5, 5.41) is 4.43.